The van der Waals surface area contributed by atoms with Crippen LogP contribution in [0, 0.1) is 17.8 Å². The van der Waals surface area contributed by atoms with Crippen molar-refractivity contribution < 1.29 is 29.3 Å². The van der Waals surface area contributed by atoms with Crippen molar-refractivity contribution in [3.63, 3.8) is 0 Å². The zero-order valence-corrected chi connectivity index (χ0v) is 18.6. The summed E-state index contributed by atoms with van der Waals surface area (Å²) in [5.74, 6) is 2.16. The maximum absolute atomic E-state index is 13.0. The number of phenols is 1. The van der Waals surface area contributed by atoms with Gasteiger partial charge in [0.25, 0.3) is 12.4 Å². The molecule has 1 aliphatic heterocycles. The Balaban J connectivity index is 0.000000858. The molecule has 2 saturated carbocycles. The van der Waals surface area contributed by atoms with E-state index < -0.39 is 0 Å². The predicted octanol–water partition coefficient (Wildman–Crippen LogP) is 2.31. The summed E-state index contributed by atoms with van der Waals surface area (Å²) >= 11 is 0. The summed E-state index contributed by atoms with van der Waals surface area (Å²) in [6, 6.07) is 5.30. The van der Waals surface area contributed by atoms with Gasteiger partial charge in [0.2, 0.25) is 0 Å². The van der Waals surface area contributed by atoms with Crippen molar-refractivity contribution in [2.24, 2.45) is 17.8 Å². The van der Waals surface area contributed by atoms with E-state index in [1.807, 2.05) is 4.90 Å². The van der Waals surface area contributed by atoms with Crippen LogP contribution in [0.25, 0.3) is 0 Å². The van der Waals surface area contributed by atoms with E-state index in [2.05, 4.69) is 19.0 Å². The van der Waals surface area contributed by atoms with Crippen molar-refractivity contribution in [2.45, 2.75) is 37.8 Å². The number of phenolic OH excluding ortho intramolecular Hbond substituents is 1. The first-order valence-electron chi connectivity index (χ1n) is 10.9. The van der Waals surface area contributed by atoms with Crippen molar-refractivity contribution in [3.05, 3.63) is 23.8 Å². The Morgan fingerprint density at radius 3 is 2.42 bits per heavy atom. The summed E-state index contributed by atoms with van der Waals surface area (Å²) in [6.07, 6.45) is 4.98. The maximum Gasteiger partial charge on any atom is 0.290 e. The van der Waals surface area contributed by atoms with Gasteiger partial charge < -0.3 is 29.5 Å². The molecule has 0 radical (unpaired) electrons. The van der Waals surface area contributed by atoms with Gasteiger partial charge in [0, 0.05) is 31.3 Å². The monoisotopic (exact) mass is 434 g/mol. The Morgan fingerprint density at radius 1 is 1.23 bits per heavy atom. The second kappa shape index (κ2) is 10.3. The van der Waals surface area contributed by atoms with Gasteiger partial charge in [-0.2, -0.15) is 0 Å². The highest BCUT2D eigenvalue weighted by atomic mass is 16.5. The molecule has 4 rings (SSSR count). The number of rotatable bonds is 6. The lowest BCUT2D eigenvalue weighted by molar-refractivity contribution is -0.122. The molecule has 8 heteroatoms. The molecule has 172 valence electrons. The van der Waals surface area contributed by atoms with Gasteiger partial charge in [0.15, 0.2) is 11.5 Å². The number of hydrogen-bond donors (Lipinski definition) is 2. The minimum Gasteiger partial charge on any atom is -0.504 e. The third kappa shape index (κ3) is 5.68. The van der Waals surface area contributed by atoms with Crippen molar-refractivity contribution in [2.75, 3.05) is 40.9 Å². The van der Waals surface area contributed by atoms with Crippen LogP contribution >= 0.6 is 0 Å². The van der Waals surface area contributed by atoms with E-state index in [9.17, 15) is 9.90 Å². The number of likely N-dealkylation sites (N-methyl/N-ethyl adjacent to an activating group) is 1. The van der Waals surface area contributed by atoms with E-state index >= 15 is 0 Å². The molecule has 0 aromatic heterocycles. The molecular formula is C23H34N2O6. The summed E-state index contributed by atoms with van der Waals surface area (Å²) in [5.41, 5.74) is 0.516. The molecule has 0 spiro atoms. The van der Waals surface area contributed by atoms with Gasteiger partial charge in [-0.1, -0.05) is 0 Å². The fraction of sp³-hybridized carbons (Fsp3) is 0.652. The normalized spacial score (nSPS) is 27.3. The number of nitrogens with zero attached hydrogens (tertiary/aromatic N) is 2. The lowest BCUT2D eigenvalue weighted by atomic mass is 9.77. The summed E-state index contributed by atoms with van der Waals surface area (Å²) in [6.45, 7) is 2.20. The van der Waals surface area contributed by atoms with Crippen LogP contribution in [0.1, 0.15) is 36.0 Å². The van der Waals surface area contributed by atoms with Crippen LogP contribution in [0.5, 0.6) is 11.5 Å². The van der Waals surface area contributed by atoms with Gasteiger partial charge >= 0.3 is 0 Å². The lowest BCUT2D eigenvalue weighted by Crippen LogP contribution is -2.48. The highest BCUT2D eigenvalue weighted by molar-refractivity contribution is 5.95. The Morgan fingerprint density at radius 2 is 1.87 bits per heavy atom. The van der Waals surface area contributed by atoms with Crippen LogP contribution in [-0.2, 0) is 9.53 Å². The first-order valence-corrected chi connectivity index (χ1v) is 10.9. The van der Waals surface area contributed by atoms with Gasteiger partial charge in [-0.15, -0.1) is 0 Å². The molecule has 0 unspecified atom stereocenters. The molecule has 1 aromatic carbocycles. The Hall–Kier alpha value is -2.32. The minimum atomic E-state index is -0.250. The summed E-state index contributed by atoms with van der Waals surface area (Å²) < 4.78 is 11.4. The number of ether oxygens (including phenoxy) is 2. The average Bonchev–Trinajstić information content (AvgIpc) is 3.48. The van der Waals surface area contributed by atoms with Gasteiger partial charge in [-0.25, -0.2) is 0 Å². The molecule has 1 heterocycles. The fourth-order valence-corrected chi connectivity index (χ4v) is 4.83. The van der Waals surface area contributed by atoms with Crippen LogP contribution in [0.15, 0.2) is 18.2 Å². The van der Waals surface area contributed by atoms with E-state index in [4.69, 9.17) is 19.4 Å². The molecule has 3 fully saturated rings. The standard InChI is InChI=1S/C22H32N2O4.CH2O2/c1-23(2)18-8-16-11-24(12-17(16)10-21(18)28-13-14-4-5-14)22(26)15-6-7-20(27-3)19(25)9-15;2-1-3/h6-7,9,14,16-18,21,25H,4-5,8,10-13H2,1-3H3;1H,(H,2,3)/t16-,17+,18-,21-;/m1./s1. The van der Waals surface area contributed by atoms with Gasteiger partial charge in [0.1, 0.15) is 0 Å². The molecule has 0 bridgehead atoms. The molecule has 1 aromatic rings. The third-order valence-electron chi connectivity index (χ3n) is 6.70. The van der Waals surface area contributed by atoms with Gasteiger partial charge in [-0.3, -0.25) is 9.59 Å². The number of fused-ring (bicyclic) bond motifs is 1. The van der Waals surface area contributed by atoms with Crippen LogP contribution in [0.3, 0.4) is 0 Å². The van der Waals surface area contributed by atoms with Crippen molar-refractivity contribution in [1.82, 2.24) is 9.80 Å². The van der Waals surface area contributed by atoms with Crippen LogP contribution < -0.4 is 4.74 Å². The number of likely N-dealkylation sites (tertiary alicyclic amines) is 1. The van der Waals surface area contributed by atoms with Crippen LogP contribution in [0.2, 0.25) is 0 Å². The molecule has 1 amide bonds. The van der Waals surface area contributed by atoms with E-state index in [0.717, 1.165) is 38.5 Å². The molecule has 2 N–H and O–H groups in total. The number of hydrogen-bond acceptors (Lipinski definition) is 6. The van der Waals surface area contributed by atoms with Crippen LogP contribution in [-0.4, -0.2) is 85.4 Å². The molecular weight excluding hydrogens is 400 g/mol. The number of amides is 1. The van der Waals surface area contributed by atoms with E-state index in [1.54, 1.807) is 12.1 Å². The molecule has 31 heavy (non-hydrogen) atoms. The number of carbonyl (C=O) groups excluding carboxylic acids is 1. The topological polar surface area (TPSA) is 99.5 Å². The zero-order chi connectivity index (χ0) is 22.5. The summed E-state index contributed by atoms with van der Waals surface area (Å²) in [4.78, 5) is 25.6. The quantitative estimate of drug-likeness (QED) is 0.663. The predicted molar refractivity (Wildman–Crippen MR) is 115 cm³/mol. The largest absolute Gasteiger partial charge is 0.504 e. The highest BCUT2D eigenvalue weighted by Crippen LogP contribution is 2.40. The average molecular weight is 435 g/mol. The smallest absolute Gasteiger partial charge is 0.290 e. The highest BCUT2D eigenvalue weighted by Gasteiger charge is 2.45. The van der Waals surface area contributed by atoms with Gasteiger partial charge in [0.05, 0.1) is 13.2 Å². The molecule has 8 nitrogen and oxygen atoms in total. The minimum absolute atomic E-state index is 0.00572. The second-order valence-electron chi connectivity index (χ2n) is 9.04. The number of aromatic hydroxyl groups is 1. The van der Waals surface area contributed by atoms with Crippen molar-refractivity contribution in [3.8, 4) is 11.5 Å². The van der Waals surface area contributed by atoms with E-state index in [-0.39, 0.29) is 24.2 Å². The lowest BCUT2D eigenvalue weighted by Gasteiger charge is -2.41. The third-order valence-corrected chi connectivity index (χ3v) is 6.70. The Bertz CT molecular complexity index is 766. The molecule has 4 atom stereocenters. The Labute approximate surface area is 183 Å². The first-order chi connectivity index (χ1) is 14.9. The number of carbonyl (C=O) groups is 2. The van der Waals surface area contributed by atoms with E-state index in [1.165, 1.54) is 26.0 Å². The van der Waals surface area contributed by atoms with Crippen molar-refractivity contribution in [1.29, 1.82) is 0 Å². The molecule has 1 saturated heterocycles. The SMILES string of the molecule is COc1ccc(C(=O)N2C[C@H]3C[C@@H](N(C)C)[C@H](OCC4CC4)C[C@H]3C2)cc1O.O=CO. The first kappa shape index (κ1) is 23.3. The van der Waals surface area contributed by atoms with Crippen molar-refractivity contribution >= 4 is 12.4 Å². The maximum atomic E-state index is 13.0. The zero-order valence-electron chi connectivity index (χ0n) is 18.6. The number of methoxy groups -OCH3 is 1. The summed E-state index contributed by atoms with van der Waals surface area (Å²) in [7, 11) is 5.78. The number of benzene rings is 1. The molecule has 3 aliphatic rings. The van der Waals surface area contributed by atoms with Crippen LogP contribution in [0.4, 0.5) is 0 Å². The summed E-state index contributed by atoms with van der Waals surface area (Å²) in [5, 5.41) is 16.9. The molecule has 2 aliphatic carbocycles. The number of carboxylic acid groups (broad SMARTS) is 1. The Kier molecular flexibility index (Phi) is 7.78. The van der Waals surface area contributed by atoms with Gasteiger partial charge in [-0.05, 0) is 75.7 Å². The van der Waals surface area contributed by atoms with E-state index in [0.29, 0.717) is 29.2 Å². The second-order valence-corrected chi connectivity index (χ2v) is 9.04. The fourth-order valence-electron chi connectivity index (χ4n) is 4.83.